The molecular weight excluding hydrogens is 246 g/mol. The summed E-state index contributed by atoms with van der Waals surface area (Å²) in [5.41, 5.74) is 0.607. The van der Waals surface area contributed by atoms with Crippen LogP contribution in [0.1, 0.15) is 0 Å². The van der Waals surface area contributed by atoms with Crippen LogP contribution in [0.2, 0.25) is 15.4 Å². The monoisotopic (exact) mass is 248 g/mol. The van der Waals surface area contributed by atoms with Crippen molar-refractivity contribution in [2.45, 2.75) is 0 Å². The molecule has 0 aliphatic rings. The molecular formula is C8H3Cl3N2O. The van der Waals surface area contributed by atoms with E-state index in [1.165, 1.54) is 0 Å². The Bertz CT molecular complexity index is 469. The van der Waals surface area contributed by atoms with Gasteiger partial charge in [0.25, 0.3) is 5.89 Å². The third kappa shape index (κ3) is 1.85. The first-order chi connectivity index (χ1) is 6.66. The number of benzene rings is 1. The summed E-state index contributed by atoms with van der Waals surface area (Å²) >= 11 is 17.1. The first kappa shape index (κ1) is 9.77. The second-order valence-corrected chi connectivity index (χ2v) is 3.65. The highest BCUT2D eigenvalue weighted by Crippen LogP contribution is 2.29. The van der Waals surface area contributed by atoms with Crippen molar-refractivity contribution in [3.63, 3.8) is 0 Å². The van der Waals surface area contributed by atoms with Crippen molar-refractivity contribution in [1.82, 2.24) is 10.2 Å². The lowest BCUT2D eigenvalue weighted by atomic mass is 10.2. The lowest BCUT2D eigenvalue weighted by Gasteiger charge is -1.98. The summed E-state index contributed by atoms with van der Waals surface area (Å²) in [5, 5.41) is 8.18. The molecule has 0 aliphatic heterocycles. The topological polar surface area (TPSA) is 38.9 Å². The Hall–Kier alpha value is -0.770. The molecule has 3 nitrogen and oxygen atoms in total. The van der Waals surface area contributed by atoms with E-state index < -0.39 is 0 Å². The van der Waals surface area contributed by atoms with Crippen molar-refractivity contribution in [3.05, 3.63) is 33.6 Å². The third-order valence-corrected chi connectivity index (χ3v) is 2.26. The summed E-state index contributed by atoms with van der Waals surface area (Å²) in [4.78, 5) is 0. The fourth-order valence-electron chi connectivity index (χ4n) is 0.977. The number of halogens is 3. The van der Waals surface area contributed by atoms with Gasteiger partial charge in [0.2, 0.25) is 0 Å². The molecule has 2 aromatic rings. The van der Waals surface area contributed by atoms with Gasteiger partial charge >= 0.3 is 5.35 Å². The Labute approximate surface area is 94.6 Å². The molecule has 0 atom stereocenters. The molecule has 0 bridgehead atoms. The van der Waals surface area contributed by atoms with Crippen LogP contribution in [0.5, 0.6) is 0 Å². The van der Waals surface area contributed by atoms with Crippen molar-refractivity contribution in [2.24, 2.45) is 0 Å². The molecule has 0 saturated heterocycles. The van der Waals surface area contributed by atoms with E-state index in [-0.39, 0.29) is 11.2 Å². The zero-order chi connectivity index (χ0) is 10.1. The zero-order valence-electron chi connectivity index (χ0n) is 6.67. The Morgan fingerprint density at radius 2 is 1.86 bits per heavy atom. The van der Waals surface area contributed by atoms with Gasteiger partial charge in [-0.2, -0.15) is 0 Å². The van der Waals surface area contributed by atoms with Crippen LogP contribution in [0.15, 0.2) is 22.6 Å². The van der Waals surface area contributed by atoms with Crippen LogP contribution in [-0.2, 0) is 0 Å². The summed E-state index contributed by atoms with van der Waals surface area (Å²) in [7, 11) is 0. The normalized spacial score (nSPS) is 10.5. The average Bonchev–Trinajstić information content (AvgIpc) is 2.51. The van der Waals surface area contributed by atoms with Crippen LogP contribution >= 0.6 is 34.8 Å². The third-order valence-electron chi connectivity index (χ3n) is 1.56. The standard InChI is InChI=1S/C8H3Cl3N2O/c9-4-1-2-5(6(10)3-4)7-12-13-8(11)14-7/h1-3H. The molecule has 72 valence electrons. The number of aromatic nitrogens is 2. The quantitative estimate of drug-likeness (QED) is 0.773. The van der Waals surface area contributed by atoms with E-state index in [0.717, 1.165) is 0 Å². The minimum atomic E-state index is -0.0222. The zero-order valence-corrected chi connectivity index (χ0v) is 8.94. The first-order valence-electron chi connectivity index (χ1n) is 3.61. The smallest absolute Gasteiger partial charge is 0.313 e. The van der Waals surface area contributed by atoms with Crippen molar-refractivity contribution < 1.29 is 4.42 Å². The number of rotatable bonds is 1. The van der Waals surface area contributed by atoms with Crippen molar-refractivity contribution in [3.8, 4) is 11.5 Å². The van der Waals surface area contributed by atoms with Crippen molar-refractivity contribution >= 4 is 34.8 Å². The van der Waals surface area contributed by atoms with Gasteiger partial charge < -0.3 is 4.42 Å². The number of hydrogen-bond acceptors (Lipinski definition) is 3. The molecule has 1 aromatic carbocycles. The van der Waals surface area contributed by atoms with Crippen molar-refractivity contribution in [1.29, 1.82) is 0 Å². The highest BCUT2D eigenvalue weighted by Gasteiger charge is 2.10. The highest BCUT2D eigenvalue weighted by atomic mass is 35.5. The van der Waals surface area contributed by atoms with E-state index in [1.807, 2.05) is 0 Å². The number of nitrogens with zero attached hydrogens (tertiary/aromatic N) is 2. The summed E-state index contributed by atoms with van der Waals surface area (Å²) in [6, 6.07) is 4.96. The summed E-state index contributed by atoms with van der Waals surface area (Å²) in [6.07, 6.45) is 0. The summed E-state index contributed by atoms with van der Waals surface area (Å²) in [5.74, 6) is 0.275. The maximum absolute atomic E-state index is 5.92. The lowest BCUT2D eigenvalue weighted by molar-refractivity contribution is 0.571. The van der Waals surface area contributed by atoms with Crippen LogP contribution in [0.4, 0.5) is 0 Å². The maximum atomic E-state index is 5.92. The molecule has 1 aromatic heterocycles. The summed E-state index contributed by atoms with van der Waals surface area (Å²) in [6.45, 7) is 0. The summed E-state index contributed by atoms with van der Waals surface area (Å²) < 4.78 is 5.01. The molecule has 0 spiro atoms. The Kier molecular flexibility index (Phi) is 2.63. The first-order valence-corrected chi connectivity index (χ1v) is 4.74. The second-order valence-electron chi connectivity index (χ2n) is 2.48. The predicted molar refractivity (Wildman–Crippen MR) is 54.8 cm³/mol. The highest BCUT2D eigenvalue weighted by molar-refractivity contribution is 6.36. The van der Waals surface area contributed by atoms with Gasteiger partial charge in [0.05, 0.1) is 10.6 Å². The van der Waals surface area contributed by atoms with Crippen LogP contribution in [0, 0.1) is 0 Å². The van der Waals surface area contributed by atoms with Crippen LogP contribution in [0.25, 0.3) is 11.5 Å². The molecule has 0 unspecified atom stereocenters. The van der Waals surface area contributed by atoms with E-state index in [2.05, 4.69) is 10.2 Å². The lowest BCUT2D eigenvalue weighted by Crippen LogP contribution is -1.79. The Balaban J connectivity index is 2.52. The van der Waals surface area contributed by atoms with E-state index in [0.29, 0.717) is 15.6 Å². The van der Waals surface area contributed by atoms with Crippen LogP contribution in [0.3, 0.4) is 0 Å². The molecule has 0 amide bonds. The predicted octanol–water partition coefficient (Wildman–Crippen LogP) is 3.70. The number of hydrogen-bond donors (Lipinski definition) is 0. The van der Waals surface area contributed by atoms with Gasteiger partial charge in [0.1, 0.15) is 0 Å². The molecule has 2 rings (SSSR count). The minimum Gasteiger partial charge on any atom is -0.407 e. The molecule has 1 heterocycles. The van der Waals surface area contributed by atoms with E-state index >= 15 is 0 Å². The molecule has 0 fully saturated rings. The average molecular weight is 249 g/mol. The van der Waals surface area contributed by atoms with Gasteiger partial charge in [-0.1, -0.05) is 28.3 Å². The maximum Gasteiger partial charge on any atom is 0.313 e. The fourth-order valence-corrected chi connectivity index (χ4v) is 1.58. The molecule has 6 heteroatoms. The molecule has 0 saturated carbocycles. The minimum absolute atomic E-state index is 0.0222. The molecule has 0 N–H and O–H groups in total. The largest absolute Gasteiger partial charge is 0.407 e. The van der Waals surface area contributed by atoms with E-state index in [1.54, 1.807) is 18.2 Å². The van der Waals surface area contributed by atoms with E-state index in [4.69, 9.17) is 39.2 Å². The van der Waals surface area contributed by atoms with Gasteiger partial charge in [0, 0.05) is 5.02 Å². The van der Waals surface area contributed by atoms with Crippen LogP contribution < -0.4 is 0 Å². The Morgan fingerprint density at radius 1 is 1.07 bits per heavy atom. The second kappa shape index (κ2) is 3.77. The van der Waals surface area contributed by atoms with Crippen molar-refractivity contribution in [2.75, 3.05) is 0 Å². The van der Waals surface area contributed by atoms with Gasteiger partial charge in [0.15, 0.2) is 0 Å². The van der Waals surface area contributed by atoms with Gasteiger partial charge in [-0.15, -0.1) is 5.10 Å². The molecule has 0 aliphatic carbocycles. The van der Waals surface area contributed by atoms with Gasteiger partial charge in [-0.3, -0.25) is 0 Å². The van der Waals surface area contributed by atoms with E-state index in [9.17, 15) is 0 Å². The SMILES string of the molecule is Clc1ccc(-c2nnc(Cl)o2)c(Cl)c1. The van der Waals surface area contributed by atoms with Gasteiger partial charge in [-0.25, -0.2) is 0 Å². The van der Waals surface area contributed by atoms with Gasteiger partial charge in [-0.05, 0) is 29.8 Å². The molecule has 14 heavy (non-hydrogen) atoms. The fraction of sp³-hybridized carbons (Fsp3) is 0. The van der Waals surface area contributed by atoms with Crippen LogP contribution in [-0.4, -0.2) is 10.2 Å². The Morgan fingerprint density at radius 3 is 2.43 bits per heavy atom. The molecule has 0 radical (unpaired) electrons.